The molecule has 0 saturated heterocycles. The number of anilines is 2. The lowest BCUT2D eigenvalue weighted by Crippen LogP contribution is -2.11. The van der Waals surface area contributed by atoms with E-state index in [1.807, 2.05) is 6.07 Å². The Kier molecular flexibility index (Phi) is 5.93. The van der Waals surface area contributed by atoms with E-state index in [2.05, 4.69) is 44.6 Å². The van der Waals surface area contributed by atoms with Crippen LogP contribution in [0.5, 0.6) is 0 Å². The Morgan fingerprint density at radius 1 is 1.00 bits per heavy atom. The van der Waals surface area contributed by atoms with Crippen molar-refractivity contribution < 1.29 is 4.52 Å². The third kappa shape index (κ3) is 5.02. The van der Waals surface area contributed by atoms with Gasteiger partial charge in [0.1, 0.15) is 17.5 Å². The molecule has 0 unspecified atom stereocenters. The number of aryl methyl sites for hydroxylation is 1. The molecule has 21 heavy (non-hydrogen) atoms. The van der Waals surface area contributed by atoms with Crippen LogP contribution in [0.2, 0.25) is 0 Å². The van der Waals surface area contributed by atoms with Crippen LogP contribution in [-0.4, -0.2) is 33.2 Å². The van der Waals surface area contributed by atoms with Crippen LogP contribution in [0.25, 0.3) is 0 Å². The first-order chi connectivity index (χ1) is 10.3. The molecule has 0 fully saturated rings. The molecule has 0 bridgehead atoms. The van der Waals surface area contributed by atoms with Gasteiger partial charge in [0.15, 0.2) is 6.33 Å². The van der Waals surface area contributed by atoms with Crippen LogP contribution in [0, 0.1) is 0 Å². The van der Waals surface area contributed by atoms with Crippen LogP contribution >= 0.6 is 0 Å². The molecule has 114 valence electrons. The molecule has 2 rings (SSSR count). The van der Waals surface area contributed by atoms with E-state index in [9.17, 15) is 0 Å². The molecule has 0 amide bonds. The second-order valence-electron chi connectivity index (χ2n) is 4.74. The van der Waals surface area contributed by atoms with E-state index in [0.717, 1.165) is 43.3 Å². The van der Waals surface area contributed by atoms with Gasteiger partial charge in [-0.1, -0.05) is 19.0 Å². The zero-order chi connectivity index (χ0) is 14.9. The second-order valence-corrected chi connectivity index (χ2v) is 4.74. The highest BCUT2D eigenvalue weighted by Crippen LogP contribution is 2.12. The summed E-state index contributed by atoms with van der Waals surface area (Å²) in [4.78, 5) is 13.0. The second kappa shape index (κ2) is 8.18. The lowest BCUT2D eigenvalue weighted by molar-refractivity contribution is 0.379. The largest absolute Gasteiger partial charge is 0.370 e. The summed E-state index contributed by atoms with van der Waals surface area (Å²) in [6.07, 6.45) is 5.04. The summed E-state index contributed by atoms with van der Waals surface area (Å²) in [6, 6.07) is 1.93. The third-order valence-electron chi connectivity index (χ3n) is 2.85. The van der Waals surface area contributed by atoms with E-state index >= 15 is 0 Å². The smallest absolute Gasteiger partial charge is 0.228 e. The average Bonchev–Trinajstić information content (AvgIpc) is 2.99. The van der Waals surface area contributed by atoms with E-state index < -0.39 is 0 Å². The van der Waals surface area contributed by atoms with E-state index in [0.29, 0.717) is 18.9 Å². The number of nitrogens with one attached hydrogen (secondary N) is 2. The molecule has 0 aliphatic carbocycles. The molecule has 0 spiro atoms. The van der Waals surface area contributed by atoms with Crippen molar-refractivity contribution in [1.82, 2.24) is 20.1 Å². The molecule has 0 aliphatic rings. The fraction of sp³-hybridized carbons (Fsp3) is 0.571. The summed E-state index contributed by atoms with van der Waals surface area (Å²) >= 11 is 0. The molecule has 0 saturated carbocycles. The number of aromatic nitrogens is 4. The number of rotatable bonds is 9. The Morgan fingerprint density at radius 2 is 1.76 bits per heavy atom. The standard InChI is InChI=1S/C14H22N6O/c1-3-5-11-19-12(15-7-4-2)9-13(20-11)16-8-6-14-17-10-18-21-14/h9-10H,3-8H2,1-2H3,(H2,15,16,19,20). The number of nitrogens with zero attached hydrogens (tertiary/aromatic N) is 4. The lowest BCUT2D eigenvalue weighted by Gasteiger charge is -2.10. The molecular weight excluding hydrogens is 268 g/mol. The van der Waals surface area contributed by atoms with Gasteiger partial charge in [-0.2, -0.15) is 4.98 Å². The highest BCUT2D eigenvalue weighted by atomic mass is 16.5. The summed E-state index contributed by atoms with van der Waals surface area (Å²) in [5.74, 6) is 3.18. The van der Waals surface area contributed by atoms with E-state index in [4.69, 9.17) is 4.52 Å². The van der Waals surface area contributed by atoms with Gasteiger partial charge in [-0.3, -0.25) is 0 Å². The van der Waals surface area contributed by atoms with Crippen molar-refractivity contribution in [3.05, 3.63) is 24.1 Å². The van der Waals surface area contributed by atoms with E-state index in [-0.39, 0.29) is 0 Å². The summed E-state index contributed by atoms with van der Waals surface area (Å²) in [5.41, 5.74) is 0. The Morgan fingerprint density at radius 3 is 2.38 bits per heavy atom. The molecule has 0 aliphatic heterocycles. The average molecular weight is 290 g/mol. The van der Waals surface area contributed by atoms with Crippen molar-refractivity contribution in [1.29, 1.82) is 0 Å². The first kappa shape index (κ1) is 15.2. The van der Waals surface area contributed by atoms with Crippen LogP contribution in [0.15, 0.2) is 16.9 Å². The van der Waals surface area contributed by atoms with Crippen molar-refractivity contribution in [3.63, 3.8) is 0 Å². The van der Waals surface area contributed by atoms with Crippen LogP contribution in [-0.2, 0) is 12.8 Å². The monoisotopic (exact) mass is 290 g/mol. The lowest BCUT2D eigenvalue weighted by atomic mass is 10.3. The summed E-state index contributed by atoms with van der Waals surface area (Å²) < 4.78 is 4.96. The zero-order valence-electron chi connectivity index (χ0n) is 12.6. The Balaban J connectivity index is 1.97. The van der Waals surface area contributed by atoms with Crippen LogP contribution in [0.3, 0.4) is 0 Å². The molecule has 2 N–H and O–H groups in total. The summed E-state index contributed by atoms with van der Waals surface area (Å²) in [7, 11) is 0. The predicted molar refractivity (Wildman–Crippen MR) is 81.3 cm³/mol. The number of hydrogen-bond acceptors (Lipinski definition) is 7. The Hall–Kier alpha value is -2.18. The van der Waals surface area contributed by atoms with Gasteiger partial charge in [0, 0.05) is 32.0 Å². The maximum atomic E-state index is 4.96. The third-order valence-corrected chi connectivity index (χ3v) is 2.85. The Bertz CT molecular complexity index is 528. The highest BCUT2D eigenvalue weighted by Gasteiger charge is 2.05. The minimum atomic E-state index is 0.620. The van der Waals surface area contributed by atoms with Gasteiger partial charge in [0.05, 0.1) is 0 Å². The van der Waals surface area contributed by atoms with Crippen LogP contribution in [0.4, 0.5) is 11.6 Å². The van der Waals surface area contributed by atoms with Crippen LogP contribution < -0.4 is 10.6 Å². The first-order valence-electron chi connectivity index (χ1n) is 7.43. The number of hydrogen-bond donors (Lipinski definition) is 2. The van der Waals surface area contributed by atoms with Gasteiger partial charge in [0.25, 0.3) is 0 Å². The van der Waals surface area contributed by atoms with E-state index in [1.54, 1.807) is 0 Å². The normalized spacial score (nSPS) is 10.6. The van der Waals surface area contributed by atoms with Crippen LogP contribution in [0.1, 0.15) is 38.4 Å². The molecule has 7 nitrogen and oxygen atoms in total. The van der Waals surface area contributed by atoms with Gasteiger partial charge >= 0.3 is 0 Å². The summed E-state index contributed by atoms with van der Waals surface area (Å²) in [5, 5.41) is 10.2. The van der Waals surface area contributed by atoms with Gasteiger partial charge in [-0.25, -0.2) is 9.97 Å². The maximum absolute atomic E-state index is 4.96. The fourth-order valence-corrected chi connectivity index (χ4v) is 1.87. The SMILES string of the molecule is CCCNc1cc(NCCc2ncno2)nc(CCC)n1. The molecule has 0 atom stereocenters. The first-order valence-corrected chi connectivity index (χ1v) is 7.43. The molecular formula is C14H22N6O. The summed E-state index contributed by atoms with van der Waals surface area (Å²) in [6.45, 7) is 5.85. The van der Waals surface area contributed by atoms with Crippen molar-refractivity contribution in [2.45, 2.75) is 39.5 Å². The van der Waals surface area contributed by atoms with E-state index in [1.165, 1.54) is 6.33 Å². The quantitative estimate of drug-likeness (QED) is 0.732. The minimum absolute atomic E-state index is 0.620. The van der Waals surface area contributed by atoms with Gasteiger partial charge in [-0.15, -0.1) is 0 Å². The molecule has 2 heterocycles. The molecule has 2 aromatic rings. The fourth-order valence-electron chi connectivity index (χ4n) is 1.87. The Labute approximate surface area is 124 Å². The minimum Gasteiger partial charge on any atom is -0.370 e. The molecule has 0 radical (unpaired) electrons. The van der Waals surface area contributed by atoms with Gasteiger partial charge in [0.2, 0.25) is 5.89 Å². The van der Waals surface area contributed by atoms with Crippen molar-refractivity contribution in [3.8, 4) is 0 Å². The highest BCUT2D eigenvalue weighted by molar-refractivity contribution is 5.47. The van der Waals surface area contributed by atoms with Gasteiger partial charge in [-0.05, 0) is 12.8 Å². The topological polar surface area (TPSA) is 88.8 Å². The molecule has 0 aromatic carbocycles. The predicted octanol–water partition coefficient (Wildman–Crippen LogP) is 2.29. The van der Waals surface area contributed by atoms with Gasteiger partial charge < -0.3 is 15.2 Å². The van der Waals surface area contributed by atoms with Crippen molar-refractivity contribution in [2.24, 2.45) is 0 Å². The molecule has 2 aromatic heterocycles. The molecule has 7 heteroatoms. The van der Waals surface area contributed by atoms with Crippen molar-refractivity contribution in [2.75, 3.05) is 23.7 Å². The zero-order valence-corrected chi connectivity index (χ0v) is 12.6. The maximum Gasteiger partial charge on any atom is 0.228 e. The van der Waals surface area contributed by atoms with Crippen molar-refractivity contribution >= 4 is 11.6 Å².